The summed E-state index contributed by atoms with van der Waals surface area (Å²) in [6.45, 7) is 1.21. The largest absolute Gasteiger partial charge is 0.473 e. The average Bonchev–Trinajstić information content (AvgIpc) is 2.52. The Morgan fingerprint density at radius 3 is 2.77 bits per heavy atom. The van der Waals surface area contributed by atoms with Gasteiger partial charge in [-0.05, 0) is 30.4 Å². The van der Waals surface area contributed by atoms with E-state index in [2.05, 4.69) is 10.3 Å². The fraction of sp³-hybridized carbons (Fsp3) is 0.333. The van der Waals surface area contributed by atoms with Crippen LogP contribution in [0.4, 0.5) is 0 Å². The summed E-state index contributed by atoms with van der Waals surface area (Å²) in [6.07, 6.45) is 5.34. The van der Waals surface area contributed by atoms with Crippen LogP contribution in [-0.4, -0.2) is 17.4 Å². The van der Waals surface area contributed by atoms with Crippen LogP contribution in [0.3, 0.4) is 0 Å². The lowest BCUT2D eigenvalue weighted by molar-refractivity contribution is 0.0938. The predicted octanol–water partition coefficient (Wildman–Crippen LogP) is 3.19. The number of aromatic nitrogens is 1. The van der Waals surface area contributed by atoms with Gasteiger partial charge in [-0.1, -0.05) is 36.8 Å². The smallest absolute Gasteiger partial charge is 0.251 e. The highest BCUT2D eigenvalue weighted by molar-refractivity contribution is 5.94. The van der Waals surface area contributed by atoms with E-state index in [1.54, 1.807) is 18.3 Å². The minimum Gasteiger partial charge on any atom is -0.473 e. The molecule has 4 heteroatoms. The van der Waals surface area contributed by atoms with Gasteiger partial charge in [-0.3, -0.25) is 4.79 Å². The molecule has 1 fully saturated rings. The van der Waals surface area contributed by atoms with Crippen molar-refractivity contribution in [3.63, 3.8) is 0 Å². The van der Waals surface area contributed by atoms with Crippen molar-refractivity contribution in [2.75, 3.05) is 6.54 Å². The van der Waals surface area contributed by atoms with Gasteiger partial charge in [-0.2, -0.15) is 0 Å². The van der Waals surface area contributed by atoms with E-state index in [0.29, 0.717) is 24.0 Å². The molecular weight excluding hydrogens is 276 g/mol. The Balaban J connectivity index is 1.55. The summed E-state index contributed by atoms with van der Waals surface area (Å²) in [5, 5.41) is 2.98. The van der Waals surface area contributed by atoms with Crippen LogP contribution < -0.4 is 10.1 Å². The first-order valence-corrected chi connectivity index (χ1v) is 7.72. The maximum Gasteiger partial charge on any atom is 0.251 e. The molecule has 0 bridgehead atoms. The Bertz CT molecular complexity index is 624. The highest BCUT2D eigenvalue weighted by Crippen LogP contribution is 2.25. The van der Waals surface area contributed by atoms with E-state index >= 15 is 0 Å². The first kappa shape index (κ1) is 14.6. The van der Waals surface area contributed by atoms with Crippen molar-refractivity contribution in [2.24, 2.45) is 5.92 Å². The Labute approximate surface area is 130 Å². The van der Waals surface area contributed by atoms with Gasteiger partial charge in [-0.15, -0.1) is 0 Å². The number of nitrogens with zero attached hydrogens (tertiary/aromatic N) is 1. The van der Waals surface area contributed by atoms with Crippen molar-refractivity contribution in [1.29, 1.82) is 0 Å². The molecule has 0 atom stereocenters. The number of carbonyl (C=O) groups is 1. The number of rotatable bonds is 6. The third-order valence-corrected chi connectivity index (χ3v) is 4.00. The van der Waals surface area contributed by atoms with Crippen LogP contribution in [0.2, 0.25) is 0 Å². The van der Waals surface area contributed by atoms with Crippen LogP contribution in [-0.2, 0) is 6.61 Å². The first-order chi connectivity index (χ1) is 10.8. The van der Waals surface area contributed by atoms with Crippen LogP contribution >= 0.6 is 0 Å². The lowest BCUT2D eigenvalue weighted by Gasteiger charge is -2.25. The standard InChI is InChI=1S/C18H20N2O2/c21-18(20-12-14-7-4-8-14)16-9-10-19-17(11-16)22-13-15-5-2-1-3-6-15/h1-3,5-6,9-11,14H,4,7-8,12-13H2,(H,20,21). The maximum atomic E-state index is 12.1. The van der Waals surface area contributed by atoms with Crippen LogP contribution in [0.1, 0.15) is 35.2 Å². The summed E-state index contributed by atoms with van der Waals surface area (Å²) in [7, 11) is 0. The molecule has 1 aromatic heterocycles. The molecule has 1 amide bonds. The Kier molecular flexibility index (Phi) is 4.68. The minimum absolute atomic E-state index is 0.0566. The van der Waals surface area contributed by atoms with E-state index in [1.165, 1.54) is 19.3 Å². The molecule has 0 unspecified atom stereocenters. The summed E-state index contributed by atoms with van der Waals surface area (Å²) in [6, 6.07) is 13.3. The molecule has 1 heterocycles. The Hall–Kier alpha value is -2.36. The number of benzene rings is 1. The molecule has 22 heavy (non-hydrogen) atoms. The molecule has 3 rings (SSSR count). The van der Waals surface area contributed by atoms with Crippen LogP contribution in [0.15, 0.2) is 48.7 Å². The quantitative estimate of drug-likeness (QED) is 0.890. The zero-order chi connectivity index (χ0) is 15.2. The van der Waals surface area contributed by atoms with E-state index < -0.39 is 0 Å². The van der Waals surface area contributed by atoms with E-state index in [0.717, 1.165) is 12.1 Å². The number of hydrogen-bond donors (Lipinski definition) is 1. The van der Waals surface area contributed by atoms with Crippen molar-refractivity contribution >= 4 is 5.91 Å². The molecule has 1 aliphatic rings. The zero-order valence-electron chi connectivity index (χ0n) is 12.5. The van der Waals surface area contributed by atoms with E-state index in [9.17, 15) is 4.79 Å². The zero-order valence-corrected chi connectivity index (χ0v) is 12.5. The number of ether oxygens (including phenoxy) is 1. The van der Waals surface area contributed by atoms with Gasteiger partial charge >= 0.3 is 0 Å². The fourth-order valence-electron chi connectivity index (χ4n) is 2.40. The highest BCUT2D eigenvalue weighted by Gasteiger charge is 2.18. The number of carbonyl (C=O) groups excluding carboxylic acids is 1. The second-order valence-electron chi connectivity index (χ2n) is 5.66. The molecule has 4 nitrogen and oxygen atoms in total. The van der Waals surface area contributed by atoms with Crippen LogP contribution in [0.5, 0.6) is 5.88 Å². The maximum absolute atomic E-state index is 12.1. The van der Waals surface area contributed by atoms with Crippen molar-refractivity contribution in [2.45, 2.75) is 25.9 Å². The molecule has 1 aliphatic carbocycles. The van der Waals surface area contributed by atoms with Crippen LogP contribution in [0.25, 0.3) is 0 Å². The third-order valence-electron chi connectivity index (χ3n) is 4.00. The summed E-state index contributed by atoms with van der Waals surface area (Å²) in [5.41, 5.74) is 1.67. The second kappa shape index (κ2) is 7.07. The van der Waals surface area contributed by atoms with Gasteiger partial charge in [0, 0.05) is 24.4 Å². The molecule has 1 N–H and O–H groups in total. The van der Waals surface area contributed by atoms with Crippen molar-refractivity contribution < 1.29 is 9.53 Å². The van der Waals surface area contributed by atoms with Gasteiger partial charge in [0.2, 0.25) is 5.88 Å². The third kappa shape index (κ3) is 3.85. The van der Waals surface area contributed by atoms with Crippen LogP contribution in [0, 0.1) is 5.92 Å². The lowest BCUT2D eigenvalue weighted by Crippen LogP contribution is -2.32. The van der Waals surface area contributed by atoms with Crippen molar-refractivity contribution in [1.82, 2.24) is 10.3 Å². The molecule has 0 saturated heterocycles. The molecule has 0 aliphatic heterocycles. The number of nitrogens with one attached hydrogen (secondary N) is 1. The molecule has 0 radical (unpaired) electrons. The number of hydrogen-bond acceptors (Lipinski definition) is 3. The lowest BCUT2D eigenvalue weighted by atomic mass is 9.85. The summed E-state index contributed by atoms with van der Waals surface area (Å²) in [5.74, 6) is 1.07. The van der Waals surface area contributed by atoms with E-state index in [1.807, 2.05) is 30.3 Å². The van der Waals surface area contributed by atoms with Crippen molar-refractivity contribution in [3.8, 4) is 5.88 Å². The minimum atomic E-state index is -0.0566. The molecule has 0 spiro atoms. The molecule has 2 aromatic rings. The summed E-state index contributed by atoms with van der Waals surface area (Å²) in [4.78, 5) is 16.3. The SMILES string of the molecule is O=C(NCC1CCC1)c1ccnc(OCc2ccccc2)c1. The molecular formula is C18H20N2O2. The van der Waals surface area contributed by atoms with Gasteiger partial charge in [-0.25, -0.2) is 4.98 Å². The Morgan fingerprint density at radius 2 is 2.05 bits per heavy atom. The topological polar surface area (TPSA) is 51.2 Å². The van der Waals surface area contributed by atoms with E-state index in [-0.39, 0.29) is 5.91 Å². The van der Waals surface area contributed by atoms with Gasteiger partial charge in [0.25, 0.3) is 5.91 Å². The molecule has 1 saturated carbocycles. The summed E-state index contributed by atoms with van der Waals surface area (Å²) < 4.78 is 5.65. The predicted molar refractivity (Wildman–Crippen MR) is 84.7 cm³/mol. The second-order valence-corrected chi connectivity index (χ2v) is 5.66. The van der Waals surface area contributed by atoms with Crippen molar-refractivity contribution in [3.05, 3.63) is 59.8 Å². The highest BCUT2D eigenvalue weighted by atomic mass is 16.5. The number of pyridine rings is 1. The monoisotopic (exact) mass is 296 g/mol. The Morgan fingerprint density at radius 1 is 1.23 bits per heavy atom. The first-order valence-electron chi connectivity index (χ1n) is 7.72. The van der Waals surface area contributed by atoms with E-state index in [4.69, 9.17) is 4.74 Å². The van der Waals surface area contributed by atoms with Gasteiger partial charge in [0.05, 0.1) is 0 Å². The average molecular weight is 296 g/mol. The fourth-order valence-corrected chi connectivity index (χ4v) is 2.40. The normalized spacial score (nSPS) is 14.2. The van der Waals surface area contributed by atoms with Gasteiger partial charge in [0.15, 0.2) is 0 Å². The van der Waals surface area contributed by atoms with Gasteiger partial charge < -0.3 is 10.1 Å². The summed E-state index contributed by atoms with van der Waals surface area (Å²) >= 11 is 0. The van der Waals surface area contributed by atoms with Gasteiger partial charge in [0.1, 0.15) is 6.61 Å². The number of amides is 1. The molecule has 1 aromatic carbocycles. The molecule has 114 valence electrons.